The lowest BCUT2D eigenvalue weighted by Crippen LogP contribution is -2.16. The van der Waals surface area contributed by atoms with Crippen LogP contribution in [0.2, 0.25) is 10.0 Å². The predicted octanol–water partition coefficient (Wildman–Crippen LogP) is 4.72. The fraction of sp³-hybridized carbons (Fsp3) is 0.333. The van der Waals surface area contributed by atoms with Crippen LogP contribution in [0.3, 0.4) is 0 Å². The van der Waals surface area contributed by atoms with Crippen LogP contribution in [0, 0.1) is 11.3 Å². The molecule has 0 radical (unpaired) electrons. The lowest BCUT2D eigenvalue weighted by Gasteiger charge is -2.15. The lowest BCUT2D eigenvalue weighted by molar-refractivity contribution is -0.112. The Kier molecular flexibility index (Phi) is 5.05. The van der Waals surface area contributed by atoms with Crippen LogP contribution in [-0.4, -0.2) is 5.91 Å². The first-order valence-electron chi connectivity index (χ1n) is 6.49. The number of amides is 1. The highest BCUT2D eigenvalue weighted by molar-refractivity contribution is 6.35. The van der Waals surface area contributed by atoms with Crippen LogP contribution in [0.4, 0.5) is 5.69 Å². The standard InChI is InChI=1S/C15H14Cl2N2O/c16-11-6-12(17)8-13(7-11)19-15(20)14(9-18)10-4-2-1-3-5-10/h6-8H,1-5H2,(H,19,20). The molecule has 0 heterocycles. The average molecular weight is 309 g/mol. The van der Waals surface area contributed by atoms with Gasteiger partial charge in [-0.1, -0.05) is 29.6 Å². The second kappa shape index (κ2) is 6.78. The van der Waals surface area contributed by atoms with Gasteiger partial charge in [0.25, 0.3) is 5.91 Å². The van der Waals surface area contributed by atoms with E-state index < -0.39 is 0 Å². The predicted molar refractivity (Wildman–Crippen MR) is 80.8 cm³/mol. The van der Waals surface area contributed by atoms with Gasteiger partial charge < -0.3 is 5.32 Å². The number of nitriles is 1. The van der Waals surface area contributed by atoms with Gasteiger partial charge >= 0.3 is 0 Å². The first kappa shape index (κ1) is 14.9. The van der Waals surface area contributed by atoms with E-state index in [1.54, 1.807) is 18.2 Å². The summed E-state index contributed by atoms with van der Waals surface area (Å²) in [6, 6.07) is 6.82. The highest BCUT2D eigenvalue weighted by Crippen LogP contribution is 2.27. The van der Waals surface area contributed by atoms with E-state index in [2.05, 4.69) is 5.32 Å². The molecule has 0 saturated heterocycles. The third-order valence-corrected chi connectivity index (χ3v) is 3.71. The Morgan fingerprint density at radius 2 is 1.70 bits per heavy atom. The number of benzene rings is 1. The highest BCUT2D eigenvalue weighted by atomic mass is 35.5. The topological polar surface area (TPSA) is 52.9 Å². The summed E-state index contributed by atoms with van der Waals surface area (Å²) in [4.78, 5) is 12.2. The summed E-state index contributed by atoms with van der Waals surface area (Å²) < 4.78 is 0. The summed E-state index contributed by atoms with van der Waals surface area (Å²) in [7, 11) is 0. The molecule has 1 N–H and O–H groups in total. The van der Waals surface area contributed by atoms with Crippen molar-refractivity contribution in [3.63, 3.8) is 0 Å². The molecule has 5 heteroatoms. The molecular formula is C15H14Cl2N2O. The largest absolute Gasteiger partial charge is 0.321 e. The SMILES string of the molecule is N#CC(C(=O)Nc1cc(Cl)cc(Cl)c1)=C1CCCCC1. The molecule has 1 amide bonds. The Morgan fingerprint density at radius 3 is 2.25 bits per heavy atom. The van der Waals surface area contributed by atoms with E-state index >= 15 is 0 Å². The summed E-state index contributed by atoms with van der Waals surface area (Å²) in [5.74, 6) is -0.386. The molecule has 0 aliphatic heterocycles. The number of rotatable bonds is 2. The Bertz CT molecular complexity index is 574. The van der Waals surface area contributed by atoms with Crippen LogP contribution in [0.25, 0.3) is 0 Å². The zero-order chi connectivity index (χ0) is 14.5. The van der Waals surface area contributed by atoms with Crippen molar-refractivity contribution in [1.29, 1.82) is 5.26 Å². The molecule has 1 fully saturated rings. The first-order chi connectivity index (χ1) is 9.60. The van der Waals surface area contributed by atoms with Gasteiger partial charge in [-0.15, -0.1) is 0 Å². The number of halogens is 2. The number of nitrogens with zero attached hydrogens (tertiary/aromatic N) is 1. The number of carbonyl (C=O) groups excluding carboxylic acids is 1. The molecule has 1 aromatic rings. The molecule has 104 valence electrons. The molecule has 1 aliphatic carbocycles. The minimum Gasteiger partial charge on any atom is -0.321 e. The number of allylic oxidation sites excluding steroid dienone is 1. The maximum absolute atomic E-state index is 12.2. The number of hydrogen-bond donors (Lipinski definition) is 1. The minimum atomic E-state index is -0.386. The molecule has 2 rings (SSSR count). The number of nitrogens with one attached hydrogen (secondary N) is 1. The fourth-order valence-corrected chi connectivity index (χ4v) is 2.86. The summed E-state index contributed by atoms with van der Waals surface area (Å²) >= 11 is 11.8. The molecule has 1 saturated carbocycles. The lowest BCUT2D eigenvalue weighted by atomic mass is 9.91. The van der Waals surface area contributed by atoms with Crippen LogP contribution in [-0.2, 0) is 4.79 Å². The van der Waals surface area contributed by atoms with Crippen LogP contribution in [0.15, 0.2) is 29.3 Å². The number of carbonyl (C=O) groups is 1. The zero-order valence-corrected chi connectivity index (χ0v) is 12.4. The molecule has 1 aromatic carbocycles. The van der Waals surface area contributed by atoms with E-state index in [4.69, 9.17) is 23.2 Å². The molecule has 0 bridgehead atoms. The van der Waals surface area contributed by atoms with Crippen molar-refractivity contribution in [3.8, 4) is 6.07 Å². The average Bonchev–Trinajstić information content (AvgIpc) is 2.39. The Hall–Kier alpha value is -1.50. The monoisotopic (exact) mass is 308 g/mol. The van der Waals surface area contributed by atoms with Crippen molar-refractivity contribution >= 4 is 34.8 Å². The number of hydrogen-bond acceptors (Lipinski definition) is 2. The molecule has 1 aliphatic rings. The normalized spacial score (nSPS) is 14.6. The molecule has 0 aromatic heterocycles. The second-order valence-corrected chi connectivity index (χ2v) is 5.64. The molecule has 3 nitrogen and oxygen atoms in total. The van der Waals surface area contributed by atoms with Crippen LogP contribution >= 0.6 is 23.2 Å². The van der Waals surface area contributed by atoms with E-state index in [0.717, 1.165) is 37.7 Å². The van der Waals surface area contributed by atoms with Crippen molar-refractivity contribution in [2.24, 2.45) is 0 Å². The smallest absolute Gasteiger partial charge is 0.266 e. The fourth-order valence-electron chi connectivity index (χ4n) is 2.34. The van der Waals surface area contributed by atoms with Gasteiger partial charge in [-0.2, -0.15) is 5.26 Å². The van der Waals surface area contributed by atoms with E-state index in [9.17, 15) is 10.1 Å². The summed E-state index contributed by atoms with van der Waals surface area (Å²) in [5.41, 5.74) is 1.67. The van der Waals surface area contributed by atoms with Crippen molar-refractivity contribution in [1.82, 2.24) is 0 Å². The molecular weight excluding hydrogens is 295 g/mol. The summed E-state index contributed by atoms with van der Waals surface area (Å²) in [5, 5.41) is 12.8. The maximum atomic E-state index is 12.2. The van der Waals surface area contributed by atoms with Gasteiger partial charge in [0, 0.05) is 15.7 Å². The Balaban J connectivity index is 2.19. The number of anilines is 1. The highest BCUT2D eigenvalue weighted by Gasteiger charge is 2.17. The maximum Gasteiger partial charge on any atom is 0.266 e. The van der Waals surface area contributed by atoms with Crippen LogP contribution in [0.1, 0.15) is 32.1 Å². The summed E-state index contributed by atoms with van der Waals surface area (Å²) in [6.07, 6.45) is 4.89. The quantitative estimate of drug-likeness (QED) is 0.635. The Labute approximate surface area is 128 Å². The van der Waals surface area contributed by atoms with Crippen LogP contribution < -0.4 is 5.32 Å². The molecule has 20 heavy (non-hydrogen) atoms. The van der Waals surface area contributed by atoms with Crippen molar-refractivity contribution in [2.75, 3.05) is 5.32 Å². The van der Waals surface area contributed by atoms with E-state index in [0.29, 0.717) is 15.7 Å². The molecule has 0 atom stereocenters. The first-order valence-corrected chi connectivity index (χ1v) is 7.25. The van der Waals surface area contributed by atoms with E-state index in [1.807, 2.05) is 6.07 Å². The van der Waals surface area contributed by atoms with E-state index in [-0.39, 0.29) is 11.5 Å². The van der Waals surface area contributed by atoms with Crippen molar-refractivity contribution in [2.45, 2.75) is 32.1 Å². The molecule has 0 unspecified atom stereocenters. The van der Waals surface area contributed by atoms with Gasteiger partial charge in [0.05, 0.1) is 0 Å². The van der Waals surface area contributed by atoms with Gasteiger partial charge in [0.15, 0.2) is 0 Å². The van der Waals surface area contributed by atoms with Gasteiger partial charge in [0.1, 0.15) is 11.6 Å². The van der Waals surface area contributed by atoms with Gasteiger partial charge in [-0.3, -0.25) is 4.79 Å². The molecule has 0 spiro atoms. The Morgan fingerprint density at radius 1 is 1.10 bits per heavy atom. The van der Waals surface area contributed by atoms with Crippen LogP contribution in [0.5, 0.6) is 0 Å². The summed E-state index contributed by atoms with van der Waals surface area (Å²) in [6.45, 7) is 0. The van der Waals surface area contributed by atoms with Gasteiger partial charge in [0.2, 0.25) is 0 Å². The van der Waals surface area contributed by atoms with Gasteiger partial charge in [-0.25, -0.2) is 0 Å². The van der Waals surface area contributed by atoms with Crippen molar-refractivity contribution < 1.29 is 4.79 Å². The third kappa shape index (κ3) is 3.75. The zero-order valence-electron chi connectivity index (χ0n) is 10.9. The second-order valence-electron chi connectivity index (χ2n) is 4.76. The third-order valence-electron chi connectivity index (χ3n) is 3.27. The van der Waals surface area contributed by atoms with Gasteiger partial charge in [-0.05, 0) is 49.5 Å². The minimum absolute atomic E-state index is 0.223. The van der Waals surface area contributed by atoms with Crippen molar-refractivity contribution in [3.05, 3.63) is 39.4 Å². The van der Waals surface area contributed by atoms with E-state index in [1.165, 1.54) is 0 Å².